The van der Waals surface area contributed by atoms with E-state index in [0.717, 1.165) is 31.8 Å². The Hall–Kier alpha value is -2.24. The fraction of sp³-hybridized carbons (Fsp3) is 0.111. The van der Waals surface area contributed by atoms with Crippen molar-refractivity contribution in [3.05, 3.63) is 59.3 Å². The zero-order valence-electron chi connectivity index (χ0n) is 12.5. The minimum atomic E-state index is 0.241. The number of fused-ring (bicyclic) bond motifs is 2. The van der Waals surface area contributed by atoms with Crippen molar-refractivity contribution in [3.8, 4) is 11.6 Å². The Balaban J connectivity index is 1.91. The van der Waals surface area contributed by atoms with E-state index in [-0.39, 0.29) is 5.88 Å². The van der Waals surface area contributed by atoms with Gasteiger partial charge in [-0.15, -0.1) is 0 Å². The van der Waals surface area contributed by atoms with Crippen LogP contribution in [0.15, 0.2) is 59.3 Å². The molecule has 1 N–H and O–H groups in total. The first kappa shape index (κ1) is 14.4. The van der Waals surface area contributed by atoms with Crippen molar-refractivity contribution < 1.29 is 9.84 Å². The highest BCUT2D eigenvalue weighted by atomic mass is 79.9. The first-order chi connectivity index (χ1) is 11.2. The lowest BCUT2D eigenvalue weighted by Crippen LogP contribution is -1.98. The van der Waals surface area contributed by atoms with Crippen molar-refractivity contribution in [2.75, 3.05) is 7.11 Å². The van der Waals surface area contributed by atoms with Crippen LogP contribution in [0.25, 0.3) is 27.4 Å². The molecule has 0 saturated heterocycles. The van der Waals surface area contributed by atoms with Gasteiger partial charge in [0.2, 0.25) is 5.88 Å². The van der Waals surface area contributed by atoms with Gasteiger partial charge < -0.3 is 14.4 Å². The van der Waals surface area contributed by atoms with Gasteiger partial charge in [-0.3, -0.25) is 4.57 Å². The van der Waals surface area contributed by atoms with Crippen LogP contribution in [0.3, 0.4) is 0 Å². The number of hydrogen-bond donors (Lipinski definition) is 1. The van der Waals surface area contributed by atoms with Gasteiger partial charge in [0, 0.05) is 34.7 Å². The lowest BCUT2D eigenvalue weighted by molar-refractivity contribution is 0.135. The molecule has 0 saturated carbocycles. The van der Waals surface area contributed by atoms with Crippen molar-refractivity contribution in [1.82, 2.24) is 9.13 Å². The maximum atomic E-state index is 10.6. The lowest BCUT2D eigenvalue weighted by Gasteiger charge is -2.08. The summed E-state index contributed by atoms with van der Waals surface area (Å²) >= 11 is 3.45. The minimum absolute atomic E-state index is 0.241. The van der Waals surface area contributed by atoms with Crippen LogP contribution in [0, 0.1) is 0 Å². The van der Waals surface area contributed by atoms with Gasteiger partial charge in [-0.25, -0.2) is 0 Å². The number of hydrogen-bond acceptors (Lipinski definition) is 2. The van der Waals surface area contributed by atoms with Crippen LogP contribution in [0.2, 0.25) is 0 Å². The highest BCUT2D eigenvalue weighted by molar-refractivity contribution is 9.10. The smallest absolute Gasteiger partial charge is 0.203 e. The van der Waals surface area contributed by atoms with Crippen LogP contribution in [-0.4, -0.2) is 21.4 Å². The standard InChI is InChI=1S/C18H15BrN2O2/c1-23-11-20-7-6-12-3-5-15(9-17(12)20)21-10-13-2-4-14(19)8-16(13)18(21)22/h2-10,22H,11H2,1H3. The van der Waals surface area contributed by atoms with Gasteiger partial charge in [0.1, 0.15) is 6.73 Å². The third-order valence-corrected chi connectivity index (χ3v) is 4.55. The molecule has 4 rings (SSSR count). The minimum Gasteiger partial charge on any atom is -0.494 e. The number of aromatic nitrogens is 2. The van der Waals surface area contributed by atoms with Crippen LogP contribution in [0.1, 0.15) is 0 Å². The Morgan fingerprint density at radius 3 is 2.74 bits per heavy atom. The van der Waals surface area contributed by atoms with Gasteiger partial charge >= 0.3 is 0 Å². The summed E-state index contributed by atoms with van der Waals surface area (Å²) in [6, 6.07) is 14.1. The Morgan fingerprint density at radius 1 is 1.09 bits per heavy atom. The highest BCUT2D eigenvalue weighted by Crippen LogP contribution is 2.33. The summed E-state index contributed by atoms with van der Waals surface area (Å²) in [4.78, 5) is 0. The summed E-state index contributed by atoms with van der Waals surface area (Å²) in [5.41, 5.74) is 1.99. The Labute approximate surface area is 141 Å². The lowest BCUT2D eigenvalue weighted by atomic mass is 10.2. The molecule has 0 aliphatic carbocycles. The molecule has 0 aliphatic heterocycles. The maximum absolute atomic E-state index is 10.6. The van der Waals surface area contributed by atoms with E-state index in [9.17, 15) is 5.11 Å². The second kappa shape index (κ2) is 5.44. The quantitative estimate of drug-likeness (QED) is 0.569. The number of benzene rings is 2. The Kier molecular flexibility index (Phi) is 3.39. The van der Waals surface area contributed by atoms with Crippen LogP contribution >= 0.6 is 15.9 Å². The van der Waals surface area contributed by atoms with Gasteiger partial charge in [0.05, 0.1) is 11.2 Å². The summed E-state index contributed by atoms with van der Waals surface area (Å²) < 4.78 is 10.0. The van der Waals surface area contributed by atoms with Crippen molar-refractivity contribution in [2.24, 2.45) is 0 Å². The second-order valence-electron chi connectivity index (χ2n) is 5.50. The summed E-state index contributed by atoms with van der Waals surface area (Å²) in [6.07, 6.45) is 3.95. The van der Waals surface area contributed by atoms with E-state index in [0.29, 0.717) is 6.73 Å². The predicted octanol–water partition coefficient (Wildman–Crippen LogP) is 4.66. The molecule has 5 heteroatoms. The molecule has 0 unspecified atom stereocenters. The van der Waals surface area contributed by atoms with Gasteiger partial charge in [-0.05, 0) is 35.7 Å². The fourth-order valence-corrected chi connectivity index (χ4v) is 3.30. The van der Waals surface area contributed by atoms with Crippen LogP contribution < -0.4 is 0 Å². The van der Waals surface area contributed by atoms with E-state index in [2.05, 4.69) is 34.1 Å². The normalized spacial score (nSPS) is 11.6. The molecular formula is C18H15BrN2O2. The molecule has 0 bridgehead atoms. The van der Waals surface area contributed by atoms with Crippen molar-refractivity contribution in [2.45, 2.75) is 6.73 Å². The SMILES string of the molecule is COCn1ccc2ccc(-n3cc4ccc(Br)cc4c3O)cc21. The topological polar surface area (TPSA) is 39.3 Å². The zero-order valence-corrected chi connectivity index (χ0v) is 14.1. The van der Waals surface area contributed by atoms with Crippen molar-refractivity contribution in [1.29, 1.82) is 0 Å². The molecule has 0 spiro atoms. The number of rotatable bonds is 3. The average Bonchev–Trinajstić information content (AvgIpc) is 3.09. The summed E-state index contributed by atoms with van der Waals surface area (Å²) in [6.45, 7) is 0.500. The number of nitrogens with zero attached hydrogens (tertiary/aromatic N) is 2. The molecule has 0 fully saturated rings. The molecule has 4 nitrogen and oxygen atoms in total. The summed E-state index contributed by atoms with van der Waals surface area (Å²) in [5, 5.41) is 13.5. The molecule has 116 valence electrons. The van der Waals surface area contributed by atoms with E-state index in [1.807, 2.05) is 41.2 Å². The predicted molar refractivity (Wildman–Crippen MR) is 95.1 cm³/mol. The molecule has 2 aromatic carbocycles. The molecule has 2 aromatic heterocycles. The molecule has 2 heterocycles. The number of ether oxygens (including phenoxy) is 1. The molecular weight excluding hydrogens is 356 g/mol. The molecule has 0 aliphatic rings. The van der Waals surface area contributed by atoms with E-state index >= 15 is 0 Å². The van der Waals surface area contributed by atoms with Crippen LogP contribution in [-0.2, 0) is 11.5 Å². The third kappa shape index (κ3) is 2.33. The molecule has 0 amide bonds. The van der Waals surface area contributed by atoms with Crippen LogP contribution in [0.5, 0.6) is 5.88 Å². The van der Waals surface area contributed by atoms with E-state index in [4.69, 9.17) is 4.74 Å². The molecule has 0 atom stereocenters. The number of methoxy groups -OCH3 is 1. The van der Waals surface area contributed by atoms with E-state index in [1.54, 1.807) is 11.7 Å². The van der Waals surface area contributed by atoms with Gasteiger partial charge in [0.25, 0.3) is 0 Å². The fourth-order valence-electron chi connectivity index (χ4n) is 2.94. The van der Waals surface area contributed by atoms with Gasteiger partial charge in [-0.2, -0.15) is 0 Å². The molecule has 4 aromatic rings. The Bertz CT molecular complexity index is 1020. The summed E-state index contributed by atoms with van der Waals surface area (Å²) in [5.74, 6) is 0.241. The summed E-state index contributed by atoms with van der Waals surface area (Å²) in [7, 11) is 1.68. The van der Waals surface area contributed by atoms with Crippen LogP contribution in [0.4, 0.5) is 0 Å². The highest BCUT2D eigenvalue weighted by Gasteiger charge is 2.11. The Morgan fingerprint density at radius 2 is 1.91 bits per heavy atom. The zero-order chi connectivity index (χ0) is 16.0. The number of aromatic hydroxyl groups is 1. The maximum Gasteiger partial charge on any atom is 0.203 e. The first-order valence-electron chi connectivity index (χ1n) is 7.25. The first-order valence-corrected chi connectivity index (χ1v) is 8.04. The van der Waals surface area contributed by atoms with E-state index < -0.39 is 0 Å². The van der Waals surface area contributed by atoms with Crippen molar-refractivity contribution in [3.63, 3.8) is 0 Å². The van der Waals surface area contributed by atoms with Gasteiger partial charge in [0.15, 0.2) is 0 Å². The van der Waals surface area contributed by atoms with Crippen molar-refractivity contribution >= 4 is 37.6 Å². The van der Waals surface area contributed by atoms with Gasteiger partial charge in [-0.1, -0.05) is 28.1 Å². The largest absolute Gasteiger partial charge is 0.494 e. The monoisotopic (exact) mass is 370 g/mol. The average molecular weight is 371 g/mol. The third-order valence-electron chi connectivity index (χ3n) is 4.06. The molecule has 0 radical (unpaired) electrons. The molecule has 23 heavy (non-hydrogen) atoms. The number of halogens is 1. The van der Waals surface area contributed by atoms with E-state index in [1.165, 1.54) is 0 Å². The second-order valence-corrected chi connectivity index (χ2v) is 6.42.